The lowest BCUT2D eigenvalue weighted by Gasteiger charge is -2.31. The van der Waals surface area contributed by atoms with Crippen molar-refractivity contribution >= 4 is 47.0 Å². The van der Waals surface area contributed by atoms with Gasteiger partial charge in [-0.15, -0.1) is 0 Å². The quantitative estimate of drug-likeness (QED) is 0.0322. The number of amides is 2. The number of hydrogen-bond acceptors (Lipinski definition) is 20. The van der Waals surface area contributed by atoms with Crippen molar-refractivity contribution in [3.8, 4) is 23.0 Å². The zero-order chi connectivity index (χ0) is 65.6. The molecule has 4 aliphatic rings. The molecular formula is C60H86N4O22P2S2. The third kappa shape index (κ3) is 21.3. The zero-order valence-electron chi connectivity index (χ0n) is 51.8. The van der Waals surface area contributed by atoms with Gasteiger partial charge >= 0.3 is 19.8 Å². The highest BCUT2D eigenvalue weighted by Gasteiger charge is 2.46. The van der Waals surface area contributed by atoms with Gasteiger partial charge in [-0.05, 0) is 135 Å². The summed E-state index contributed by atoms with van der Waals surface area (Å²) in [4.78, 5) is 44.5. The fraction of sp³-hybridized carbons (Fsp3) is 0.567. The molecule has 500 valence electrons. The van der Waals surface area contributed by atoms with Crippen molar-refractivity contribution in [1.82, 2.24) is 19.2 Å². The fourth-order valence-corrected chi connectivity index (χ4v) is 14.5. The third-order valence-electron chi connectivity index (χ3n) is 15.0. The predicted octanol–water partition coefficient (Wildman–Crippen LogP) is 6.08. The van der Waals surface area contributed by atoms with Crippen LogP contribution in [0.5, 0.6) is 23.0 Å². The minimum atomic E-state index is -4.37. The second-order valence-corrected chi connectivity index (χ2v) is 32.7. The minimum absolute atomic E-state index is 0.0283. The van der Waals surface area contributed by atoms with Crippen LogP contribution in [0.15, 0.2) is 107 Å². The molecule has 2 amide bonds. The standard InChI is InChI=1S/C31H45N2O10PS.C29H41N2O12PS/c1-21(2)17-33(45(37,38)25-12-10-23(39-3)11-13-25)18-28(34)27(16-22-6-8-24(9-7-22)42-20-44(4,5)36)32-31(35)43-29-19-41-30-26(29)14-15-40-30;1-19(2)15-31(45(37,38)23-10-8-21(39-3)9-11-23)16-26(32)25(14-20-4-6-22(7-5-20)42-18-44(34,35)36)30-29(33)43-27-17-41-28-24(27)12-13-40-28/h6-13,21,26-30,34H,14-20H2,1-5H3,(H,32,35);4-11,19,24-28,32H,12-18H2,1-3H3,(H,30,33)(H2,34,35,36)/t26?,27-,28+,29-,30+;24?,25-,26+,27-,28+/m00/s1. The van der Waals surface area contributed by atoms with E-state index in [1.165, 1.54) is 71.4 Å². The highest BCUT2D eigenvalue weighted by Crippen LogP contribution is 2.38. The van der Waals surface area contributed by atoms with Crippen LogP contribution in [0.4, 0.5) is 9.59 Å². The first-order valence-electron chi connectivity index (χ1n) is 29.6. The molecule has 90 heavy (non-hydrogen) atoms. The molecule has 30 heteroatoms. The smallest absolute Gasteiger partial charge is 0.407 e. The minimum Gasteiger partial charge on any atom is -0.497 e. The molecule has 0 spiro atoms. The topological polar surface area (TPSA) is 340 Å². The Labute approximate surface area is 526 Å². The van der Waals surface area contributed by atoms with Gasteiger partial charge in [0, 0.05) is 26.2 Å². The van der Waals surface area contributed by atoms with Crippen LogP contribution in [-0.2, 0) is 70.4 Å². The maximum absolute atomic E-state index is 13.7. The van der Waals surface area contributed by atoms with Crippen LogP contribution in [0.3, 0.4) is 0 Å². The average molecular weight is 1340 g/mol. The normalized spacial score (nSPS) is 21.4. The summed E-state index contributed by atoms with van der Waals surface area (Å²) in [5.41, 5.74) is 1.38. The highest BCUT2D eigenvalue weighted by molar-refractivity contribution is 7.89. The summed E-state index contributed by atoms with van der Waals surface area (Å²) in [5.74, 6) is 1.48. The highest BCUT2D eigenvalue weighted by atomic mass is 32.2. The Kier molecular flexibility index (Phi) is 25.9. The van der Waals surface area contributed by atoms with Crippen molar-refractivity contribution in [2.75, 3.05) is 92.9 Å². The Bertz CT molecular complexity index is 3050. The number of carbonyl (C=O) groups excluding carboxylic acids is 2. The van der Waals surface area contributed by atoms with Gasteiger partial charge in [0.25, 0.3) is 0 Å². The molecule has 6 N–H and O–H groups in total. The number of benzene rings is 4. The Hall–Kier alpha value is -5.42. The van der Waals surface area contributed by atoms with Crippen molar-refractivity contribution in [2.45, 2.75) is 112 Å². The van der Waals surface area contributed by atoms with E-state index in [0.717, 1.165) is 5.56 Å². The van der Waals surface area contributed by atoms with Gasteiger partial charge in [0.1, 0.15) is 48.7 Å². The van der Waals surface area contributed by atoms with Gasteiger partial charge in [-0.2, -0.15) is 8.61 Å². The number of ether oxygens (including phenoxy) is 10. The third-order valence-corrected chi connectivity index (χ3v) is 19.9. The van der Waals surface area contributed by atoms with E-state index in [9.17, 15) is 45.8 Å². The van der Waals surface area contributed by atoms with E-state index in [1.54, 1.807) is 61.9 Å². The van der Waals surface area contributed by atoms with Crippen molar-refractivity contribution in [3.05, 3.63) is 108 Å². The van der Waals surface area contributed by atoms with Gasteiger partial charge in [0.05, 0.1) is 86.6 Å². The van der Waals surface area contributed by atoms with Crippen LogP contribution in [0.2, 0.25) is 0 Å². The largest absolute Gasteiger partial charge is 0.497 e. The number of nitrogens with zero attached hydrogens (tertiary/aromatic N) is 2. The predicted molar refractivity (Wildman–Crippen MR) is 330 cm³/mol. The molecule has 0 saturated carbocycles. The van der Waals surface area contributed by atoms with E-state index in [0.29, 0.717) is 48.9 Å². The van der Waals surface area contributed by atoms with Gasteiger partial charge in [-0.3, -0.25) is 4.57 Å². The second-order valence-electron chi connectivity index (χ2n) is 23.8. The molecule has 4 aromatic rings. The van der Waals surface area contributed by atoms with E-state index in [2.05, 4.69) is 10.6 Å². The first-order chi connectivity index (χ1) is 42.5. The van der Waals surface area contributed by atoms with E-state index >= 15 is 0 Å². The summed E-state index contributed by atoms with van der Waals surface area (Å²) in [7, 11) is -11.8. The molecule has 4 aliphatic heterocycles. The van der Waals surface area contributed by atoms with Crippen LogP contribution in [0.1, 0.15) is 51.7 Å². The number of alkyl carbamates (subject to hydrolysis) is 2. The Morgan fingerprint density at radius 1 is 0.556 bits per heavy atom. The number of aliphatic hydroxyl groups is 2. The van der Waals surface area contributed by atoms with Crippen molar-refractivity contribution in [3.63, 3.8) is 0 Å². The number of aliphatic hydroxyl groups excluding tert-OH is 2. The molecule has 0 bridgehead atoms. The molecule has 26 nitrogen and oxygen atoms in total. The summed E-state index contributed by atoms with van der Waals surface area (Å²) in [6.07, 6.45) is -5.09. The van der Waals surface area contributed by atoms with E-state index in [4.69, 9.17) is 57.2 Å². The van der Waals surface area contributed by atoms with Crippen molar-refractivity contribution < 1.29 is 103 Å². The number of methoxy groups -OCH3 is 2. The van der Waals surface area contributed by atoms with Crippen molar-refractivity contribution in [1.29, 1.82) is 0 Å². The molecule has 8 rings (SSSR count). The van der Waals surface area contributed by atoms with Crippen LogP contribution >= 0.6 is 14.7 Å². The van der Waals surface area contributed by atoms with Gasteiger partial charge in [0.2, 0.25) is 20.0 Å². The Morgan fingerprint density at radius 2 is 0.911 bits per heavy atom. The molecule has 4 heterocycles. The van der Waals surface area contributed by atoms with E-state index in [-0.39, 0.29) is 97.8 Å². The maximum Gasteiger partial charge on any atom is 0.407 e. The molecule has 4 saturated heterocycles. The van der Waals surface area contributed by atoms with Crippen LogP contribution in [-0.4, -0.2) is 200 Å². The maximum atomic E-state index is 13.7. The lowest BCUT2D eigenvalue weighted by molar-refractivity contribution is -0.0909. The van der Waals surface area contributed by atoms with Crippen molar-refractivity contribution in [2.24, 2.45) is 23.7 Å². The average Bonchev–Trinajstić information content (AvgIpc) is 1.38. The number of carbonyl (C=O) groups is 2. The Morgan fingerprint density at radius 3 is 1.24 bits per heavy atom. The first-order valence-corrected chi connectivity index (χ1v) is 37.0. The summed E-state index contributed by atoms with van der Waals surface area (Å²) in [6, 6.07) is 23.4. The number of nitrogens with one attached hydrogen (secondary N) is 2. The summed E-state index contributed by atoms with van der Waals surface area (Å²) in [5, 5.41) is 28.5. The number of sulfonamides is 2. The molecular weight excluding hydrogens is 1250 g/mol. The van der Waals surface area contributed by atoms with E-state index < -0.39 is 102 Å². The molecule has 0 radical (unpaired) electrons. The summed E-state index contributed by atoms with van der Waals surface area (Å²) < 4.78 is 135. The number of fused-ring (bicyclic) bond motifs is 2. The molecule has 0 aromatic heterocycles. The van der Waals surface area contributed by atoms with Crippen LogP contribution in [0, 0.1) is 23.7 Å². The van der Waals surface area contributed by atoms with Crippen LogP contribution in [0.25, 0.3) is 0 Å². The first kappa shape index (κ1) is 72.0. The van der Waals surface area contributed by atoms with Gasteiger partial charge in [-0.1, -0.05) is 52.0 Å². The summed E-state index contributed by atoms with van der Waals surface area (Å²) in [6.45, 7) is 11.9. The van der Waals surface area contributed by atoms with Gasteiger partial charge < -0.3 is 82.6 Å². The van der Waals surface area contributed by atoms with Crippen LogP contribution < -0.4 is 29.6 Å². The molecule has 2 unspecified atom stereocenters. The summed E-state index contributed by atoms with van der Waals surface area (Å²) >= 11 is 0. The molecule has 0 aliphatic carbocycles. The molecule has 4 aromatic carbocycles. The number of rotatable bonds is 30. The molecule has 10 atom stereocenters. The lowest BCUT2D eigenvalue weighted by atomic mass is 10.0. The lowest BCUT2D eigenvalue weighted by Crippen LogP contribution is -2.51. The second kappa shape index (κ2) is 32.4. The zero-order valence-corrected chi connectivity index (χ0v) is 55.2. The monoisotopic (exact) mass is 1340 g/mol. The fourth-order valence-electron chi connectivity index (χ4n) is 10.5. The SMILES string of the molecule is COc1ccc(S(=O)(=O)N(CC(C)C)C[C@@H](O)[C@H](Cc2ccc(OCP(=O)(O)O)cc2)NC(=O)O[C@H]2CO[C@H]3OCCC32)cc1.COc1ccc(S(=O)(=O)N(CC(C)C)C[C@@H](O)[C@H](Cc2ccc(OCP(C)(C)=O)cc2)NC(=O)O[C@H]2CO[C@H]3OCCC32)cc1. The van der Waals surface area contributed by atoms with E-state index in [1.807, 2.05) is 27.7 Å². The number of hydrogen-bond donors (Lipinski definition) is 6. The molecule has 4 fully saturated rings. The Balaban J connectivity index is 0.000000256. The van der Waals surface area contributed by atoms with Gasteiger partial charge in [-0.25, -0.2) is 26.4 Å². The van der Waals surface area contributed by atoms with Gasteiger partial charge in [0.15, 0.2) is 18.9 Å².